The molecular weight excluding hydrogens is 392 g/mol. The maximum atomic E-state index is 12.4. The Kier molecular flexibility index (Phi) is 7.60. The number of ether oxygens (including phenoxy) is 1. The van der Waals surface area contributed by atoms with E-state index < -0.39 is 5.97 Å². The van der Waals surface area contributed by atoms with Crippen LogP contribution in [0.1, 0.15) is 55.5 Å². The van der Waals surface area contributed by atoms with Crippen molar-refractivity contribution in [3.8, 4) is 5.75 Å². The number of nitrogens with one attached hydrogen (secondary N) is 2. The van der Waals surface area contributed by atoms with Crippen LogP contribution in [0.4, 0.5) is 5.69 Å². The van der Waals surface area contributed by atoms with E-state index in [4.69, 9.17) is 4.74 Å². The zero-order valence-electron chi connectivity index (χ0n) is 17.9. The molecule has 6 heteroatoms. The number of benzene rings is 2. The minimum atomic E-state index is -0.440. The Hall–Kier alpha value is -3.41. The number of esters is 1. The Balaban J connectivity index is 1.52. The first-order valence-corrected chi connectivity index (χ1v) is 10.6. The van der Waals surface area contributed by atoms with Crippen LogP contribution in [0, 0.1) is 5.92 Å². The molecular formula is C25H28N2O4. The number of carbonyl (C=O) groups is 3. The lowest BCUT2D eigenvalue weighted by Gasteiger charge is -2.10. The van der Waals surface area contributed by atoms with Crippen molar-refractivity contribution in [1.29, 1.82) is 0 Å². The minimum absolute atomic E-state index is 0.0746. The molecule has 2 N–H and O–H groups in total. The van der Waals surface area contributed by atoms with Crippen molar-refractivity contribution < 1.29 is 19.1 Å². The van der Waals surface area contributed by atoms with E-state index in [2.05, 4.69) is 10.6 Å². The third-order valence-corrected chi connectivity index (χ3v) is 5.39. The summed E-state index contributed by atoms with van der Waals surface area (Å²) in [6.45, 7) is 3.77. The molecule has 0 atom stereocenters. The normalized spacial score (nSPS) is 14.2. The quantitative estimate of drug-likeness (QED) is 0.389. The van der Waals surface area contributed by atoms with Gasteiger partial charge in [-0.2, -0.15) is 0 Å². The fourth-order valence-electron chi connectivity index (χ4n) is 3.72. The van der Waals surface area contributed by atoms with Crippen LogP contribution in [0.5, 0.6) is 5.75 Å². The number of anilines is 1. The van der Waals surface area contributed by atoms with Crippen molar-refractivity contribution >= 4 is 23.5 Å². The van der Waals surface area contributed by atoms with E-state index in [0.29, 0.717) is 29.5 Å². The van der Waals surface area contributed by atoms with Crippen LogP contribution in [0.3, 0.4) is 0 Å². The van der Waals surface area contributed by atoms with Gasteiger partial charge in [0, 0.05) is 30.8 Å². The Morgan fingerprint density at radius 1 is 1.03 bits per heavy atom. The summed E-state index contributed by atoms with van der Waals surface area (Å²) >= 11 is 0. The van der Waals surface area contributed by atoms with Crippen LogP contribution >= 0.6 is 0 Å². The highest BCUT2D eigenvalue weighted by atomic mass is 16.5. The molecule has 0 unspecified atom stereocenters. The summed E-state index contributed by atoms with van der Waals surface area (Å²) in [6.07, 6.45) is 6.57. The summed E-state index contributed by atoms with van der Waals surface area (Å²) in [7, 11) is 0. The average Bonchev–Trinajstić information content (AvgIpc) is 3.28. The van der Waals surface area contributed by atoms with Gasteiger partial charge in [-0.15, -0.1) is 0 Å². The second-order valence-electron chi connectivity index (χ2n) is 7.86. The zero-order valence-corrected chi connectivity index (χ0v) is 17.9. The smallest absolute Gasteiger partial charge is 0.308 e. The molecule has 0 radical (unpaired) electrons. The topological polar surface area (TPSA) is 84.5 Å². The monoisotopic (exact) mass is 420 g/mol. The lowest BCUT2D eigenvalue weighted by atomic mass is 9.99. The van der Waals surface area contributed by atoms with Crippen LogP contribution in [-0.4, -0.2) is 17.8 Å². The van der Waals surface area contributed by atoms with Gasteiger partial charge in [0.25, 0.3) is 5.91 Å². The first kappa shape index (κ1) is 22.3. The fourth-order valence-corrected chi connectivity index (χ4v) is 3.72. The van der Waals surface area contributed by atoms with E-state index in [0.717, 1.165) is 11.1 Å². The molecule has 1 fully saturated rings. The van der Waals surface area contributed by atoms with Crippen LogP contribution in [0.2, 0.25) is 0 Å². The van der Waals surface area contributed by atoms with Gasteiger partial charge < -0.3 is 15.4 Å². The van der Waals surface area contributed by atoms with Gasteiger partial charge in [0.2, 0.25) is 5.91 Å². The van der Waals surface area contributed by atoms with Crippen molar-refractivity contribution in [2.75, 3.05) is 5.32 Å². The molecule has 3 rings (SSSR count). The van der Waals surface area contributed by atoms with Gasteiger partial charge in [-0.3, -0.25) is 14.4 Å². The van der Waals surface area contributed by atoms with Gasteiger partial charge in [-0.25, -0.2) is 0 Å². The van der Waals surface area contributed by atoms with Gasteiger partial charge in [0.15, 0.2) is 0 Å². The molecule has 2 aromatic rings. The first-order chi connectivity index (χ1) is 14.9. The number of amides is 2. The average molecular weight is 421 g/mol. The molecule has 0 aliphatic heterocycles. The molecule has 0 bridgehead atoms. The summed E-state index contributed by atoms with van der Waals surface area (Å²) in [5, 5.41) is 5.73. The van der Waals surface area contributed by atoms with E-state index in [-0.39, 0.29) is 11.8 Å². The molecule has 6 nitrogen and oxygen atoms in total. The maximum absolute atomic E-state index is 12.4. The summed E-state index contributed by atoms with van der Waals surface area (Å²) in [4.78, 5) is 35.7. The van der Waals surface area contributed by atoms with Gasteiger partial charge in [-0.05, 0) is 61.6 Å². The highest BCUT2D eigenvalue weighted by Gasteiger charge is 2.17. The van der Waals surface area contributed by atoms with Crippen molar-refractivity contribution in [3.05, 3.63) is 71.3 Å². The van der Waals surface area contributed by atoms with Gasteiger partial charge >= 0.3 is 5.97 Å². The largest absolute Gasteiger partial charge is 0.427 e. The Bertz CT molecular complexity index is 973. The SMILES string of the molecule is CC(=O)Oc1cccc(C(=O)Nc2ccc(CNC(=O)/C=C(\C)C3CCCC3)cc2)c1. The molecule has 2 amide bonds. The van der Waals surface area contributed by atoms with Crippen LogP contribution < -0.4 is 15.4 Å². The first-order valence-electron chi connectivity index (χ1n) is 10.6. The molecule has 31 heavy (non-hydrogen) atoms. The molecule has 1 aliphatic rings. The number of carbonyl (C=O) groups excluding carboxylic acids is 3. The van der Waals surface area contributed by atoms with E-state index >= 15 is 0 Å². The molecule has 0 heterocycles. The number of allylic oxidation sites excluding steroid dienone is 1. The zero-order chi connectivity index (χ0) is 22.2. The standard InChI is InChI=1S/C25H28N2O4/c1-17(20-6-3-4-7-20)14-24(29)26-16-19-10-12-22(13-11-19)27-25(30)21-8-5-9-23(15-21)31-18(2)28/h5,8-15,20H,3-4,6-7,16H2,1-2H3,(H,26,29)(H,27,30)/b17-14+. The number of hydrogen-bond acceptors (Lipinski definition) is 4. The summed E-state index contributed by atoms with van der Waals surface area (Å²) in [5.41, 5.74) is 3.12. The highest BCUT2D eigenvalue weighted by Crippen LogP contribution is 2.30. The number of hydrogen-bond donors (Lipinski definition) is 2. The van der Waals surface area contributed by atoms with Crippen LogP contribution in [0.15, 0.2) is 60.2 Å². The second-order valence-corrected chi connectivity index (χ2v) is 7.86. The molecule has 1 saturated carbocycles. The Labute approximate surface area is 182 Å². The molecule has 0 saturated heterocycles. The Morgan fingerprint density at radius 2 is 1.74 bits per heavy atom. The van der Waals surface area contributed by atoms with Crippen molar-refractivity contribution in [2.45, 2.75) is 46.1 Å². The van der Waals surface area contributed by atoms with Gasteiger partial charge in [0.1, 0.15) is 5.75 Å². The minimum Gasteiger partial charge on any atom is -0.427 e. The summed E-state index contributed by atoms with van der Waals surface area (Å²) < 4.78 is 5.01. The predicted molar refractivity (Wildman–Crippen MR) is 120 cm³/mol. The van der Waals surface area contributed by atoms with Crippen LogP contribution in [0.25, 0.3) is 0 Å². The third kappa shape index (κ3) is 6.81. The van der Waals surface area contributed by atoms with E-state index in [1.807, 2.05) is 19.1 Å². The van der Waals surface area contributed by atoms with Crippen molar-refractivity contribution in [2.24, 2.45) is 5.92 Å². The van der Waals surface area contributed by atoms with E-state index in [9.17, 15) is 14.4 Å². The molecule has 0 spiro atoms. The summed E-state index contributed by atoms with van der Waals surface area (Å²) in [6, 6.07) is 13.7. The lowest BCUT2D eigenvalue weighted by molar-refractivity contribution is -0.131. The molecule has 1 aliphatic carbocycles. The summed E-state index contributed by atoms with van der Waals surface area (Å²) in [5.74, 6) is 0.0493. The number of rotatable bonds is 7. The molecule has 0 aromatic heterocycles. The van der Waals surface area contributed by atoms with Crippen LogP contribution in [-0.2, 0) is 16.1 Å². The fraction of sp³-hybridized carbons (Fsp3) is 0.320. The van der Waals surface area contributed by atoms with Crippen molar-refractivity contribution in [3.63, 3.8) is 0 Å². The lowest BCUT2D eigenvalue weighted by Crippen LogP contribution is -2.21. The molecule has 2 aromatic carbocycles. The van der Waals surface area contributed by atoms with E-state index in [1.54, 1.807) is 36.4 Å². The van der Waals surface area contributed by atoms with Gasteiger partial charge in [0.05, 0.1) is 0 Å². The Morgan fingerprint density at radius 3 is 2.42 bits per heavy atom. The van der Waals surface area contributed by atoms with Gasteiger partial charge in [-0.1, -0.05) is 36.6 Å². The van der Waals surface area contributed by atoms with Crippen molar-refractivity contribution in [1.82, 2.24) is 5.32 Å². The highest BCUT2D eigenvalue weighted by molar-refractivity contribution is 6.04. The third-order valence-electron chi connectivity index (χ3n) is 5.39. The maximum Gasteiger partial charge on any atom is 0.308 e. The second kappa shape index (κ2) is 10.6. The van der Waals surface area contributed by atoms with E-state index in [1.165, 1.54) is 38.7 Å². The molecule has 162 valence electrons. The predicted octanol–water partition coefficient (Wildman–Crippen LogP) is 4.62.